The van der Waals surface area contributed by atoms with E-state index in [0.29, 0.717) is 11.6 Å². The van der Waals surface area contributed by atoms with Crippen LogP contribution in [-0.4, -0.2) is 18.8 Å². The van der Waals surface area contributed by atoms with Gasteiger partial charge in [-0.25, -0.2) is 4.79 Å². The minimum absolute atomic E-state index is 0.0328. The van der Waals surface area contributed by atoms with Crippen molar-refractivity contribution in [2.24, 2.45) is 5.18 Å². The number of nitroso groups, excluding NO2 is 1. The summed E-state index contributed by atoms with van der Waals surface area (Å²) in [5.41, 5.74) is 0.158. The minimum atomic E-state index is -4.72. The van der Waals surface area contributed by atoms with Crippen LogP contribution >= 0.6 is 23.2 Å². The summed E-state index contributed by atoms with van der Waals surface area (Å²) in [5.74, 6) is -2.72. The van der Waals surface area contributed by atoms with Crippen molar-refractivity contribution in [1.82, 2.24) is 0 Å². The zero-order chi connectivity index (χ0) is 21.8. The molecular weight excluding hydrogens is 430 g/mol. The molecule has 0 saturated carbocycles. The van der Waals surface area contributed by atoms with Gasteiger partial charge < -0.3 is 4.74 Å². The highest BCUT2D eigenvalue weighted by Gasteiger charge is 2.40. The number of ether oxygens (including phenoxy) is 1. The number of esters is 1. The predicted octanol–water partition coefficient (Wildman–Crippen LogP) is 6.93. The SMILES string of the molecule is CCOC(=O)c1ccc(C(=CC(c2cc(Cl)cc(Cl)c2)C(F)(F)F)N=O)cc1C. The van der Waals surface area contributed by atoms with Gasteiger partial charge in [0.05, 0.1) is 12.2 Å². The molecule has 0 aliphatic carbocycles. The number of hydrogen-bond acceptors (Lipinski definition) is 4. The molecule has 0 saturated heterocycles. The van der Waals surface area contributed by atoms with Gasteiger partial charge in [-0.2, -0.15) is 13.2 Å². The van der Waals surface area contributed by atoms with Gasteiger partial charge in [0.15, 0.2) is 0 Å². The molecule has 0 aliphatic heterocycles. The van der Waals surface area contributed by atoms with Crippen LogP contribution in [0, 0.1) is 11.8 Å². The van der Waals surface area contributed by atoms with Crippen molar-refractivity contribution in [2.45, 2.75) is 25.9 Å². The van der Waals surface area contributed by atoms with Gasteiger partial charge in [0, 0.05) is 15.6 Å². The molecule has 0 amide bonds. The Bertz CT molecular complexity index is 938. The lowest BCUT2D eigenvalue weighted by Gasteiger charge is -2.18. The fourth-order valence-electron chi connectivity index (χ4n) is 2.73. The molecule has 1 atom stereocenters. The molecule has 0 aliphatic rings. The van der Waals surface area contributed by atoms with Gasteiger partial charge in [0.1, 0.15) is 11.6 Å². The second kappa shape index (κ2) is 9.41. The van der Waals surface area contributed by atoms with Crippen LogP contribution in [0.1, 0.15) is 39.9 Å². The highest BCUT2D eigenvalue weighted by atomic mass is 35.5. The second-order valence-corrected chi connectivity index (χ2v) is 6.99. The van der Waals surface area contributed by atoms with Crippen LogP contribution < -0.4 is 0 Å². The van der Waals surface area contributed by atoms with Gasteiger partial charge in [-0.1, -0.05) is 29.3 Å². The van der Waals surface area contributed by atoms with E-state index in [4.69, 9.17) is 27.9 Å². The summed E-state index contributed by atoms with van der Waals surface area (Å²) < 4.78 is 46.0. The number of benzene rings is 2. The maximum Gasteiger partial charge on any atom is 0.399 e. The summed E-state index contributed by atoms with van der Waals surface area (Å²) in [7, 11) is 0. The van der Waals surface area contributed by atoms with Crippen LogP contribution in [0.15, 0.2) is 47.7 Å². The van der Waals surface area contributed by atoms with Crippen molar-refractivity contribution in [1.29, 1.82) is 0 Å². The summed E-state index contributed by atoms with van der Waals surface area (Å²) in [6.07, 6.45) is -4.02. The number of alkyl halides is 3. The number of nitrogens with zero attached hydrogens (tertiary/aromatic N) is 1. The van der Waals surface area contributed by atoms with Gasteiger partial charge in [0.25, 0.3) is 0 Å². The van der Waals surface area contributed by atoms with Gasteiger partial charge in [0.2, 0.25) is 0 Å². The van der Waals surface area contributed by atoms with Gasteiger partial charge in [-0.15, -0.1) is 4.91 Å². The Morgan fingerprint density at radius 1 is 1.17 bits per heavy atom. The number of carbonyl (C=O) groups excluding carboxylic acids is 1. The van der Waals surface area contributed by atoms with Crippen molar-refractivity contribution < 1.29 is 22.7 Å². The Balaban J connectivity index is 2.53. The summed E-state index contributed by atoms with van der Waals surface area (Å²) in [6, 6.07) is 7.67. The molecule has 0 bridgehead atoms. The Hall–Kier alpha value is -2.38. The average Bonchev–Trinajstić information content (AvgIpc) is 2.60. The first kappa shape index (κ1) is 22.9. The molecule has 0 radical (unpaired) electrons. The zero-order valence-electron chi connectivity index (χ0n) is 15.4. The van der Waals surface area contributed by atoms with Gasteiger partial charge in [-0.05, 0) is 66.6 Å². The molecule has 2 rings (SSSR count). The van der Waals surface area contributed by atoms with E-state index in [1.165, 1.54) is 24.3 Å². The summed E-state index contributed by atoms with van der Waals surface area (Å²) in [5, 5.41) is 2.83. The molecule has 9 heteroatoms. The first-order chi connectivity index (χ1) is 13.6. The highest BCUT2D eigenvalue weighted by molar-refractivity contribution is 6.34. The van der Waals surface area contributed by atoms with E-state index in [1.54, 1.807) is 13.8 Å². The van der Waals surface area contributed by atoms with E-state index in [2.05, 4.69) is 5.18 Å². The van der Waals surface area contributed by atoms with Crippen molar-refractivity contribution in [3.8, 4) is 0 Å². The number of allylic oxidation sites excluding steroid dienone is 1. The number of carbonyl (C=O) groups is 1. The number of aryl methyl sites for hydroxylation is 1. The standard InChI is InChI=1S/C20H16Cl2F3NO3/c1-3-29-19(27)16-5-4-12(6-11(16)2)18(26-28)10-17(20(23,24)25)13-7-14(21)9-15(22)8-13/h4-10,17H,3H2,1-2H3. The van der Waals surface area contributed by atoms with Crippen LogP contribution in [0.2, 0.25) is 10.0 Å². The maximum absolute atomic E-state index is 13.7. The Labute approximate surface area is 175 Å². The smallest absolute Gasteiger partial charge is 0.399 e. The zero-order valence-corrected chi connectivity index (χ0v) is 16.9. The highest BCUT2D eigenvalue weighted by Crippen LogP contribution is 2.40. The van der Waals surface area contributed by atoms with E-state index in [0.717, 1.165) is 12.1 Å². The van der Waals surface area contributed by atoms with Crippen LogP contribution in [0.25, 0.3) is 5.70 Å². The monoisotopic (exact) mass is 445 g/mol. The lowest BCUT2D eigenvalue weighted by atomic mass is 9.95. The fourth-order valence-corrected chi connectivity index (χ4v) is 3.28. The van der Waals surface area contributed by atoms with Crippen molar-refractivity contribution in [3.05, 3.63) is 79.7 Å². The fraction of sp³-hybridized carbons (Fsp3) is 0.250. The Kier molecular flexibility index (Phi) is 7.43. The summed E-state index contributed by atoms with van der Waals surface area (Å²) in [4.78, 5) is 23.2. The lowest BCUT2D eigenvalue weighted by molar-refractivity contribution is -0.139. The maximum atomic E-state index is 13.7. The molecule has 0 N–H and O–H groups in total. The molecule has 0 heterocycles. The van der Waals surface area contributed by atoms with E-state index in [-0.39, 0.29) is 33.3 Å². The molecule has 0 aromatic heterocycles. The molecule has 0 fully saturated rings. The Morgan fingerprint density at radius 2 is 1.79 bits per heavy atom. The normalized spacial score (nSPS) is 13.1. The Morgan fingerprint density at radius 3 is 2.28 bits per heavy atom. The number of halogens is 5. The van der Waals surface area contributed by atoms with Gasteiger partial charge in [-0.3, -0.25) is 0 Å². The van der Waals surface area contributed by atoms with E-state index in [1.807, 2.05) is 0 Å². The predicted molar refractivity (Wildman–Crippen MR) is 106 cm³/mol. The van der Waals surface area contributed by atoms with Crippen LogP contribution in [0.4, 0.5) is 13.2 Å². The van der Waals surface area contributed by atoms with E-state index >= 15 is 0 Å². The molecule has 2 aromatic rings. The topological polar surface area (TPSA) is 55.7 Å². The molecule has 154 valence electrons. The molecule has 1 unspecified atom stereocenters. The first-order valence-corrected chi connectivity index (χ1v) is 9.18. The number of hydrogen-bond donors (Lipinski definition) is 0. The van der Waals surface area contributed by atoms with Crippen LogP contribution in [0.3, 0.4) is 0 Å². The third-order valence-corrected chi connectivity index (χ3v) is 4.47. The first-order valence-electron chi connectivity index (χ1n) is 8.42. The third-order valence-electron chi connectivity index (χ3n) is 4.04. The van der Waals surface area contributed by atoms with Crippen LogP contribution in [0.5, 0.6) is 0 Å². The second-order valence-electron chi connectivity index (χ2n) is 6.12. The van der Waals surface area contributed by atoms with Gasteiger partial charge >= 0.3 is 12.1 Å². The van der Waals surface area contributed by atoms with Crippen molar-refractivity contribution in [2.75, 3.05) is 6.61 Å². The molecule has 0 spiro atoms. The third kappa shape index (κ3) is 5.81. The quantitative estimate of drug-likeness (QED) is 0.357. The van der Waals surface area contributed by atoms with E-state index in [9.17, 15) is 22.9 Å². The van der Waals surface area contributed by atoms with Crippen LogP contribution in [-0.2, 0) is 4.74 Å². The van der Waals surface area contributed by atoms with E-state index < -0.39 is 23.8 Å². The minimum Gasteiger partial charge on any atom is -0.462 e. The summed E-state index contributed by atoms with van der Waals surface area (Å²) in [6.45, 7) is 3.41. The largest absolute Gasteiger partial charge is 0.462 e. The average molecular weight is 446 g/mol. The van der Waals surface area contributed by atoms with Crippen molar-refractivity contribution in [3.63, 3.8) is 0 Å². The molecule has 29 heavy (non-hydrogen) atoms. The lowest BCUT2D eigenvalue weighted by Crippen LogP contribution is -2.19. The summed E-state index contributed by atoms with van der Waals surface area (Å²) >= 11 is 11.6. The van der Waals surface area contributed by atoms with Crippen molar-refractivity contribution >= 4 is 34.9 Å². The molecule has 2 aromatic carbocycles. The number of rotatable bonds is 6. The molecular formula is C20H16Cl2F3NO3. The molecule has 4 nitrogen and oxygen atoms in total.